The van der Waals surface area contributed by atoms with Crippen LogP contribution in [0, 0.1) is 5.92 Å². The van der Waals surface area contributed by atoms with Crippen molar-refractivity contribution in [3.63, 3.8) is 0 Å². The maximum absolute atomic E-state index is 5.09. The molecule has 1 N–H and O–H groups in total. The van der Waals surface area contributed by atoms with E-state index < -0.39 is 0 Å². The quantitative estimate of drug-likeness (QED) is 0.696. The molecule has 0 radical (unpaired) electrons. The van der Waals surface area contributed by atoms with Crippen LogP contribution in [0.5, 0.6) is 0 Å². The fraction of sp³-hybridized carbons (Fsp3) is 1.00. The van der Waals surface area contributed by atoms with Crippen molar-refractivity contribution < 1.29 is 4.74 Å². The molecule has 1 fully saturated rings. The van der Waals surface area contributed by atoms with E-state index in [9.17, 15) is 0 Å². The number of ether oxygens (including phenoxy) is 1. The van der Waals surface area contributed by atoms with Gasteiger partial charge in [0.15, 0.2) is 0 Å². The molecule has 0 amide bonds. The fourth-order valence-corrected chi connectivity index (χ4v) is 2.06. The monoisotopic (exact) mass is 171 g/mol. The first-order chi connectivity index (χ1) is 5.74. The van der Waals surface area contributed by atoms with E-state index in [-0.39, 0.29) is 0 Å². The predicted octanol–water partition coefficient (Wildman–Crippen LogP) is 1.80. The molecule has 72 valence electrons. The summed E-state index contributed by atoms with van der Waals surface area (Å²) in [6, 6.07) is 1.23. The molecule has 1 aliphatic rings. The van der Waals surface area contributed by atoms with Gasteiger partial charge in [-0.3, -0.25) is 0 Å². The van der Waals surface area contributed by atoms with Crippen molar-refractivity contribution in [1.29, 1.82) is 0 Å². The minimum absolute atomic E-state index is 0.501. The van der Waals surface area contributed by atoms with Gasteiger partial charge in [0.25, 0.3) is 0 Å². The molecule has 0 spiro atoms. The molecular weight excluding hydrogens is 150 g/mol. The Labute approximate surface area is 75.7 Å². The highest BCUT2D eigenvalue weighted by atomic mass is 16.5. The fourth-order valence-electron chi connectivity index (χ4n) is 2.06. The van der Waals surface area contributed by atoms with Crippen molar-refractivity contribution in [2.75, 3.05) is 13.7 Å². The maximum atomic E-state index is 5.09. The predicted molar refractivity (Wildman–Crippen MR) is 51.3 cm³/mol. The highest BCUT2D eigenvalue weighted by Gasteiger charge is 2.23. The zero-order valence-corrected chi connectivity index (χ0v) is 8.47. The van der Waals surface area contributed by atoms with Crippen LogP contribution < -0.4 is 5.32 Å². The lowest BCUT2D eigenvalue weighted by Gasteiger charge is -2.22. The molecule has 0 aromatic rings. The van der Waals surface area contributed by atoms with Gasteiger partial charge in [0.2, 0.25) is 0 Å². The molecule has 12 heavy (non-hydrogen) atoms. The second-order valence-corrected chi connectivity index (χ2v) is 4.04. The van der Waals surface area contributed by atoms with Crippen LogP contribution in [0.3, 0.4) is 0 Å². The lowest BCUT2D eigenvalue weighted by molar-refractivity contribution is 0.163. The summed E-state index contributed by atoms with van der Waals surface area (Å²) >= 11 is 0. The van der Waals surface area contributed by atoms with Gasteiger partial charge in [-0.15, -0.1) is 0 Å². The minimum atomic E-state index is 0.501. The molecule has 0 aromatic heterocycles. The topological polar surface area (TPSA) is 21.3 Å². The summed E-state index contributed by atoms with van der Waals surface area (Å²) in [5.41, 5.74) is 0. The summed E-state index contributed by atoms with van der Waals surface area (Å²) in [6.45, 7) is 5.35. The van der Waals surface area contributed by atoms with Gasteiger partial charge in [-0.25, -0.2) is 0 Å². The van der Waals surface area contributed by atoms with Crippen LogP contribution in [0.1, 0.15) is 33.1 Å². The van der Waals surface area contributed by atoms with Crippen molar-refractivity contribution in [2.45, 2.75) is 45.2 Å². The van der Waals surface area contributed by atoms with Crippen LogP contribution in [0.2, 0.25) is 0 Å². The summed E-state index contributed by atoms with van der Waals surface area (Å²) in [7, 11) is 1.76. The average Bonchev–Trinajstić information content (AvgIpc) is 2.37. The normalized spacial score (nSPS) is 32.2. The van der Waals surface area contributed by atoms with E-state index in [4.69, 9.17) is 4.74 Å². The van der Waals surface area contributed by atoms with Crippen molar-refractivity contribution in [3.8, 4) is 0 Å². The van der Waals surface area contributed by atoms with Crippen molar-refractivity contribution >= 4 is 0 Å². The number of hydrogen-bond acceptors (Lipinski definition) is 2. The smallest absolute Gasteiger partial charge is 0.0613 e. The first kappa shape index (κ1) is 10.0. The molecule has 0 aromatic carbocycles. The van der Waals surface area contributed by atoms with Gasteiger partial charge in [0.05, 0.1) is 6.61 Å². The zero-order chi connectivity index (χ0) is 8.97. The van der Waals surface area contributed by atoms with Crippen LogP contribution in [0.4, 0.5) is 0 Å². The van der Waals surface area contributed by atoms with Gasteiger partial charge in [0.1, 0.15) is 0 Å². The standard InChI is InChI=1S/C10H21NO/c1-8-5-4-6-10(8)11-9(2)7-12-3/h8-11H,4-7H2,1-3H3/t8-,9-,10+/m0/s1. The number of methoxy groups -OCH3 is 1. The van der Waals surface area contributed by atoms with Crippen LogP contribution >= 0.6 is 0 Å². The first-order valence-corrected chi connectivity index (χ1v) is 4.99. The Bertz CT molecular complexity index is 127. The van der Waals surface area contributed by atoms with Crippen molar-refractivity contribution in [3.05, 3.63) is 0 Å². The van der Waals surface area contributed by atoms with E-state index >= 15 is 0 Å². The lowest BCUT2D eigenvalue weighted by atomic mass is 10.1. The van der Waals surface area contributed by atoms with Gasteiger partial charge in [-0.2, -0.15) is 0 Å². The van der Waals surface area contributed by atoms with Gasteiger partial charge in [-0.1, -0.05) is 13.3 Å². The minimum Gasteiger partial charge on any atom is -0.383 e. The molecule has 0 saturated heterocycles. The molecular formula is C10H21NO. The Kier molecular flexibility index (Phi) is 4.02. The van der Waals surface area contributed by atoms with E-state index in [2.05, 4.69) is 19.2 Å². The summed E-state index contributed by atoms with van der Waals surface area (Å²) in [5.74, 6) is 0.851. The Balaban J connectivity index is 2.20. The Morgan fingerprint density at radius 1 is 1.50 bits per heavy atom. The van der Waals surface area contributed by atoms with Crippen LogP contribution in [-0.2, 0) is 4.74 Å². The zero-order valence-electron chi connectivity index (χ0n) is 8.47. The van der Waals surface area contributed by atoms with Gasteiger partial charge >= 0.3 is 0 Å². The van der Waals surface area contributed by atoms with Gasteiger partial charge < -0.3 is 10.1 Å². The lowest BCUT2D eigenvalue weighted by Crippen LogP contribution is -2.40. The number of nitrogens with one attached hydrogen (secondary N) is 1. The molecule has 3 atom stereocenters. The molecule has 1 aliphatic carbocycles. The Hall–Kier alpha value is -0.0800. The first-order valence-electron chi connectivity index (χ1n) is 4.99. The van der Waals surface area contributed by atoms with Crippen LogP contribution in [-0.4, -0.2) is 25.8 Å². The van der Waals surface area contributed by atoms with Crippen molar-refractivity contribution in [1.82, 2.24) is 5.32 Å². The summed E-state index contributed by atoms with van der Waals surface area (Å²) in [5, 5.41) is 3.60. The highest BCUT2D eigenvalue weighted by molar-refractivity contribution is 4.82. The molecule has 1 saturated carbocycles. The summed E-state index contributed by atoms with van der Waals surface area (Å²) < 4.78 is 5.09. The molecule has 2 heteroatoms. The molecule has 0 heterocycles. The molecule has 0 bridgehead atoms. The van der Waals surface area contributed by atoms with Gasteiger partial charge in [-0.05, 0) is 25.7 Å². The van der Waals surface area contributed by atoms with E-state index in [0.29, 0.717) is 6.04 Å². The van der Waals surface area contributed by atoms with Crippen LogP contribution in [0.15, 0.2) is 0 Å². The Morgan fingerprint density at radius 2 is 2.25 bits per heavy atom. The van der Waals surface area contributed by atoms with E-state index in [1.54, 1.807) is 7.11 Å². The number of rotatable bonds is 4. The van der Waals surface area contributed by atoms with E-state index in [1.165, 1.54) is 19.3 Å². The maximum Gasteiger partial charge on any atom is 0.0613 e. The molecule has 0 aliphatic heterocycles. The third-order valence-electron chi connectivity index (χ3n) is 2.78. The largest absolute Gasteiger partial charge is 0.383 e. The van der Waals surface area contributed by atoms with E-state index in [1.807, 2.05) is 0 Å². The average molecular weight is 171 g/mol. The summed E-state index contributed by atoms with van der Waals surface area (Å²) in [4.78, 5) is 0. The van der Waals surface area contributed by atoms with Crippen molar-refractivity contribution in [2.24, 2.45) is 5.92 Å². The second kappa shape index (κ2) is 4.83. The summed E-state index contributed by atoms with van der Waals surface area (Å²) in [6.07, 6.45) is 4.12. The highest BCUT2D eigenvalue weighted by Crippen LogP contribution is 2.24. The number of hydrogen-bond donors (Lipinski definition) is 1. The van der Waals surface area contributed by atoms with E-state index in [0.717, 1.165) is 18.6 Å². The second-order valence-electron chi connectivity index (χ2n) is 4.04. The third-order valence-corrected chi connectivity index (χ3v) is 2.78. The third kappa shape index (κ3) is 2.76. The SMILES string of the molecule is COC[C@H](C)N[C@@H]1CCC[C@@H]1C. The van der Waals surface area contributed by atoms with Gasteiger partial charge in [0, 0.05) is 19.2 Å². The molecule has 1 rings (SSSR count). The van der Waals surface area contributed by atoms with Crippen LogP contribution in [0.25, 0.3) is 0 Å². The Morgan fingerprint density at radius 3 is 2.75 bits per heavy atom. The molecule has 2 nitrogen and oxygen atoms in total. The molecule has 0 unspecified atom stereocenters.